The van der Waals surface area contributed by atoms with Crippen LogP contribution in [0.1, 0.15) is 27.4 Å². The van der Waals surface area contributed by atoms with Gasteiger partial charge in [-0.25, -0.2) is 0 Å². The predicted octanol–water partition coefficient (Wildman–Crippen LogP) is 4.67. The van der Waals surface area contributed by atoms with Crippen molar-refractivity contribution in [3.63, 3.8) is 0 Å². The first-order chi connectivity index (χ1) is 15.1. The van der Waals surface area contributed by atoms with E-state index in [9.17, 15) is 4.79 Å². The highest BCUT2D eigenvalue weighted by Crippen LogP contribution is 2.19. The van der Waals surface area contributed by atoms with Crippen LogP contribution in [0.5, 0.6) is 11.5 Å². The topological polar surface area (TPSA) is 78.5 Å². The van der Waals surface area contributed by atoms with Crippen LogP contribution in [0.3, 0.4) is 0 Å². The quantitative estimate of drug-likeness (QED) is 0.451. The highest BCUT2D eigenvalue weighted by molar-refractivity contribution is 6.02. The largest absolute Gasteiger partial charge is 0.497 e. The lowest BCUT2D eigenvalue weighted by atomic mass is 10.2. The molecule has 7 heteroatoms. The van der Waals surface area contributed by atoms with Crippen molar-refractivity contribution in [2.24, 2.45) is 0 Å². The number of aryl methyl sites for hydroxylation is 1. The van der Waals surface area contributed by atoms with Gasteiger partial charge in [-0.3, -0.25) is 9.48 Å². The van der Waals surface area contributed by atoms with Crippen LogP contribution in [0.2, 0.25) is 0 Å². The third kappa shape index (κ3) is 5.14. The van der Waals surface area contributed by atoms with Crippen molar-refractivity contribution in [1.82, 2.24) is 9.78 Å². The normalized spacial score (nSPS) is 10.6. The number of furan rings is 1. The van der Waals surface area contributed by atoms with Gasteiger partial charge in [-0.15, -0.1) is 0 Å². The summed E-state index contributed by atoms with van der Waals surface area (Å²) in [5, 5.41) is 7.10. The zero-order valence-electron chi connectivity index (χ0n) is 17.4. The minimum absolute atomic E-state index is 0.212. The summed E-state index contributed by atoms with van der Waals surface area (Å²) in [7, 11) is 1.63. The van der Waals surface area contributed by atoms with E-state index >= 15 is 0 Å². The fourth-order valence-electron chi connectivity index (χ4n) is 3.11. The maximum absolute atomic E-state index is 12.5. The molecule has 0 bridgehead atoms. The van der Waals surface area contributed by atoms with E-state index in [1.54, 1.807) is 36.3 Å². The molecular formula is C24H23N3O4. The zero-order chi connectivity index (χ0) is 21.6. The van der Waals surface area contributed by atoms with E-state index in [2.05, 4.69) is 10.4 Å². The molecule has 2 heterocycles. The van der Waals surface area contributed by atoms with Gasteiger partial charge < -0.3 is 19.2 Å². The molecule has 0 unspecified atom stereocenters. The number of carbonyl (C=O) groups excluding carboxylic acids is 1. The Morgan fingerprint density at radius 1 is 1.13 bits per heavy atom. The number of anilines is 1. The van der Waals surface area contributed by atoms with Gasteiger partial charge in [0.25, 0.3) is 5.91 Å². The zero-order valence-corrected chi connectivity index (χ0v) is 17.4. The number of amides is 1. The highest BCUT2D eigenvalue weighted by atomic mass is 16.5. The van der Waals surface area contributed by atoms with Crippen LogP contribution in [-0.2, 0) is 13.2 Å². The average molecular weight is 417 g/mol. The molecule has 7 nitrogen and oxygen atoms in total. The predicted molar refractivity (Wildman–Crippen MR) is 116 cm³/mol. The monoisotopic (exact) mass is 417 g/mol. The summed E-state index contributed by atoms with van der Waals surface area (Å²) in [6.07, 6.45) is 3.37. The number of hydrogen-bond acceptors (Lipinski definition) is 5. The number of ether oxygens (including phenoxy) is 2. The smallest absolute Gasteiger partial charge is 0.291 e. The van der Waals surface area contributed by atoms with Gasteiger partial charge in [-0.2, -0.15) is 5.10 Å². The highest BCUT2D eigenvalue weighted by Gasteiger charge is 2.13. The molecule has 2 aromatic heterocycles. The van der Waals surface area contributed by atoms with Crippen LogP contribution in [0.4, 0.5) is 5.69 Å². The van der Waals surface area contributed by atoms with Crippen LogP contribution >= 0.6 is 0 Å². The van der Waals surface area contributed by atoms with Crippen molar-refractivity contribution in [1.29, 1.82) is 0 Å². The molecular weight excluding hydrogens is 394 g/mol. The maximum atomic E-state index is 12.5. The molecule has 0 aliphatic rings. The second-order valence-corrected chi connectivity index (χ2v) is 7.05. The molecule has 31 heavy (non-hydrogen) atoms. The number of aromatic nitrogens is 2. The van der Waals surface area contributed by atoms with Crippen molar-refractivity contribution >= 4 is 11.6 Å². The van der Waals surface area contributed by atoms with E-state index in [0.717, 1.165) is 22.6 Å². The van der Waals surface area contributed by atoms with Gasteiger partial charge in [-0.05, 0) is 48.4 Å². The van der Waals surface area contributed by atoms with Crippen molar-refractivity contribution in [3.05, 3.63) is 95.7 Å². The minimum atomic E-state index is -0.344. The first-order valence-corrected chi connectivity index (χ1v) is 9.84. The lowest BCUT2D eigenvalue weighted by Crippen LogP contribution is -2.10. The van der Waals surface area contributed by atoms with Gasteiger partial charge in [-0.1, -0.05) is 30.3 Å². The molecule has 0 fully saturated rings. The van der Waals surface area contributed by atoms with Gasteiger partial charge in [0.1, 0.15) is 23.9 Å². The number of nitrogens with one attached hydrogen (secondary N) is 1. The summed E-state index contributed by atoms with van der Waals surface area (Å²) in [4.78, 5) is 12.5. The first-order valence-electron chi connectivity index (χ1n) is 9.84. The van der Waals surface area contributed by atoms with E-state index in [-0.39, 0.29) is 18.3 Å². The van der Waals surface area contributed by atoms with E-state index in [1.807, 2.05) is 55.5 Å². The van der Waals surface area contributed by atoms with Crippen LogP contribution in [0.15, 0.2) is 77.5 Å². The molecule has 0 aliphatic carbocycles. The maximum Gasteiger partial charge on any atom is 0.291 e. The number of nitrogens with zero attached hydrogens (tertiary/aromatic N) is 2. The number of hydrogen-bond donors (Lipinski definition) is 1. The fraction of sp³-hybridized carbons (Fsp3) is 0.167. The van der Waals surface area contributed by atoms with Crippen molar-refractivity contribution < 1.29 is 18.7 Å². The van der Waals surface area contributed by atoms with Crippen LogP contribution in [0.25, 0.3) is 0 Å². The Morgan fingerprint density at radius 3 is 2.84 bits per heavy atom. The van der Waals surface area contributed by atoms with E-state index < -0.39 is 0 Å². The molecule has 1 N–H and O–H groups in total. The SMILES string of the molecule is COc1cccc(Cn2cc(NC(=O)c3ccc(COc4ccccc4C)o3)cn2)c1. The van der Waals surface area contributed by atoms with Crippen molar-refractivity contribution in [2.45, 2.75) is 20.1 Å². The van der Waals surface area contributed by atoms with E-state index in [4.69, 9.17) is 13.9 Å². The molecule has 4 aromatic rings. The molecule has 0 atom stereocenters. The summed E-state index contributed by atoms with van der Waals surface area (Å²) >= 11 is 0. The summed E-state index contributed by atoms with van der Waals surface area (Å²) in [6, 6.07) is 18.9. The van der Waals surface area contributed by atoms with E-state index in [0.29, 0.717) is 18.0 Å². The third-order valence-electron chi connectivity index (χ3n) is 4.72. The van der Waals surface area contributed by atoms with Crippen molar-refractivity contribution in [3.8, 4) is 11.5 Å². The number of rotatable bonds is 8. The standard InChI is InChI=1S/C24H23N3O4/c1-17-6-3-4-9-22(17)30-16-21-10-11-23(31-21)24(28)26-19-13-25-27(15-19)14-18-7-5-8-20(12-18)29-2/h3-13,15H,14,16H2,1-2H3,(H,26,28). The number of benzene rings is 2. The second-order valence-electron chi connectivity index (χ2n) is 7.05. The number of methoxy groups -OCH3 is 1. The van der Waals surface area contributed by atoms with Gasteiger partial charge >= 0.3 is 0 Å². The summed E-state index contributed by atoms with van der Waals surface area (Å²) in [5.74, 6) is 2.01. The minimum Gasteiger partial charge on any atom is -0.497 e. The van der Waals surface area contributed by atoms with Crippen LogP contribution in [0, 0.1) is 6.92 Å². The molecule has 0 saturated heterocycles. The Balaban J connectivity index is 1.34. The van der Waals surface area contributed by atoms with E-state index in [1.165, 1.54) is 0 Å². The molecule has 4 rings (SSSR count). The Kier molecular flexibility index (Phi) is 6.03. The van der Waals surface area contributed by atoms with Crippen LogP contribution in [-0.4, -0.2) is 22.8 Å². The van der Waals surface area contributed by atoms with Gasteiger partial charge in [0.2, 0.25) is 0 Å². The Labute approximate surface area is 180 Å². The van der Waals surface area contributed by atoms with Gasteiger partial charge in [0.15, 0.2) is 5.76 Å². The molecule has 0 radical (unpaired) electrons. The molecule has 0 spiro atoms. The Bertz CT molecular complexity index is 1180. The molecule has 0 saturated carbocycles. The first kappa shape index (κ1) is 20.3. The summed E-state index contributed by atoms with van der Waals surface area (Å²) in [5.41, 5.74) is 2.67. The Morgan fingerprint density at radius 2 is 2.00 bits per heavy atom. The second kappa shape index (κ2) is 9.21. The average Bonchev–Trinajstić information content (AvgIpc) is 3.43. The van der Waals surface area contributed by atoms with Gasteiger partial charge in [0, 0.05) is 6.20 Å². The third-order valence-corrected chi connectivity index (χ3v) is 4.72. The Hall–Kier alpha value is -4.00. The molecule has 2 aromatic carbocycles. The van der Waals surface area contributed by atoms with Crippen LogP contribution < -0.4 is 14.8 Å². The number of carbonyl (C=O) groups is 1. The number of para-hydroxylation sites is 1. The van der Waals surface area contributed by atoms with Gasteiger partial charge in [0.05, 0.1) is 25.5 Å². The fourth-order valence-corrected chi connectivity index (χ4v) is 3.11. The lowest BCUT2D eigenvalue weighted by Gasteiger charge is -2.06. The molecule has 0 aliphatic heterocycles. The molecule has 1 amide bonds. The summed E-state index contributed by atoms with van der Waals surface area (Å²) in [6.45, 7) is 2.79. The molecule has 158 valence electrons. The van der Waals surface area contributed by atoms with Crippen molar-refractivity contribution in [2.75, 3.05) is 12.4 Å². The lowest BCUT2D eigenvalue weighted by molar-refractivity contribution is 0.0992. The summed E-state index contributed by atoms with van der Waals surface area (Å²) < 4.78 is 18.4.